The fourth-order valence-corrected chi connectivity index (χ4v) is 2.29. The second-order valence-corrected chi connectivity index (χ2v) is 4.96. The second-order valence-electron chi connectivity index (χ2n) is 4.96. The van der Waals surface area contributed by atoms with E-state index in [1.165, 1.54) is 18.4 Å². The van der Waals surface area contributed by atoms with Crippen molar-refractivity contribution in [2.75, 3.05) is 23.3 Å². The van der Waals surface area contributed by atoms with Crippen molar-refractivity contribution >= 4 is 17.3 Å². The van der Waals surface area contributed by atoms with Crippen molar-refractivity contribution in [3.05, 3.63) is 42.0 Å². The number of hydrogen-bond donors (Lipinski definition) is 1. The first-order valence-electron chi connectivity index (χ1n) is 6.74. The van der Waals surface area contributed by atoms with Crippen molar-refractivity contribution in [1.29, 1.82) is 0 Å². The molecule has 0 radical (unpaired) electrons. The molecule has 1 aromatic carbocycles. The molecule has 1 N–H and O–H groups in total. The van der Waals surface area contributed by atoms with E-state index in [2.05, 4.69) is 39.5 Å². The molecule has 1 aliphatic rings. The molecule has 4 heteroatoms. The van der Waals surface area contributed by atoms with Crippen LogP contribution in [0.1, 0.15) is 18.4 Å². The average Bonchev–Trinajstić information content (AvgIpc) is 2.96. The minimum Gasteiger partial charge on any atom is -0.355 e. The van der Waals surface area contributed by atoms with Gasteiger partial charge in [-0.1, -0.05) is 17.7 Å². The number of nitrogens with one attached hydrogen (secondary N) is 1. The Morgan fingerprint density at radius 2 is 1.68 bits per heavy atom. The first-order chi connectivity index (χ1) is 9.31. The van der Waals surface area contributed by atoms with Gasteiger partial charge in [0.1, 0.15) is 0 Å². The van der Waals surface area contributed by atoms with Gasteiger partial charge in [0.2, 0.25) is 0 Å². The lowest BCUT2D eigenvalue weighted by atomic mass is 10.2. The average molecular weight is 254 g/mol. The summed E-state index contributed by atoms with van der Waals surface area (Å²) >= 11 is 0. The molecule has 3 rings (SSSR count). The number of aromatic nitrogens is 2. The molecular weight excluding hydrogens is 236 g/mol. The minimum atomic E-state index is 0.784. The molecule has 4 nitrogen and oxygen atoms in total. The maximum atomic E-state index is 4.29. The molecule has 1 aromatic heterocycles. The van der Waals surface area contributed by atoms with Gasteiger partial charge in [-0.2, -0.15) is 0 Å². The van der Waals surface area contributed by atoms with Gasteiger partial charge in [0.25, 0.3) is 0 Å². The van der Waals surface area contributed by atoms with E-state index in [1.54, 1.807) is 0 Å². The van der Waals surface area contributed by atoms with Crippen LogP contribution in [0.15, 0.2) is 36.4 Å². The summed E-state index contributed by atoms with van der Waals surface area (Å²) in [6, 6.07) is 12.3. The van der Waals surface area contributed by atoms with Crippen molar-refractivity contribution in [3.8, 4) is 0 Å². The smallest absolute Gasteiger partial charge is 0.153 e. The van der Waals surface area contributed by atoms with E-state index in [0.717, 1.165) is 30.4 Å². The van der Waals surface area contributed by atoms with E-state index in [9.17, 15) is 0 Å². The molecule has 1 fully saturated rings. The maximum Gasteiger partial charge on any atom is 0.153 e. The quantitative estimate of drug-likeness (QED) is 0.913. The number of benzene rings is 1. The van der Waals surface area contributed by atoms with E-state index in [4.69, 9.17) is 0 Å². The molecule has 19 heavy (non-hydrogen) atoms. The van der Waals surface area contributed by atoms with Gasteiger partial charge in [-0.05, 0) is 44.0 Å². The lowest BCUT2D eigenvalue weighted by Crippen LogP contribution is -2.19. The molecule has 0 atom stereocenters. The summed E-state index contributed by atoms with van der Waals surface area (Å²) in [5, 5.41) is 11.8. The van der Waals surface area contributed by atoms with Crippen LogP contribution in [0, 0.1) is 6.92 Å². The van der Waals surface area contributed by atoms with Crippen LogP contribution in [0.4, 0.5) is 17.3 Å². The van der Waals surface area contributed by atoms with Crippen LogP contribution in [0.3, 0.4) is 0 Å². The lowest BCUT2D eigenvalue weighted by Gasteiger charge is -2.15. The predicted molar refractivity (Wildman–Crippen MR) is 77.9 cm³/mol. The normalized spacial score (nSPS) is 14.7. The van der Waals surface area contributed by atoms with E-state index < -0.39 is 0 Å². The Kier molecular flexibility index (Phi) is 3.31. The zero-order chi connectivity index (χ0) is 13.1. The summed E-state index contributed by atoms with van der Waals surface area (Å²) in [5.74, 6) is 1.76. The van der Waals surface area contributed by atoms with Gasteiger partial charge >= 0.3 is 0 Å². The second kappa shape index (κ2) is 5.26. The number of hydrogen-bond acceptors (Lipinski definition) is 4. The standard InChI is InChI=1S/C15H18N4/c1-12-4-6-13(7-5-12)16-14-8-9-15(18-17-14)19-10-2-3-11-19/h4-9H,2-3,10-11H2,1H3,(H,16,17). The van der Waals surface area contributed by atoms with Crippen LogP contribution >= 0.6 is 0 Å². The highest BCUT2D eigenvalue weighted by atomic mass is 15.3. The Labute approximate surface area is 113 Å². The van der Waals surface area contributed by atoms with Gasteiger partial charge < -0.3 is 10.2 Å². The number of aryl methyl sites for hydroxylation is 1. The van der Waals surface area contributed by atoms with Crippen molar-refractivity contribution < 1.29 is 0 Å². The minimum absolute atomic E-state index is 0.784. The highest BCUT2D eigenvalue weighted by molar-refractivity contribution is 5.57. The third kappa shape index (κ3) is 2.84. The maximum absolute atomic E-state index is 4.29. The summed E-state index contributed by atoms with van der Waals surface area (Å²) in [6.45, 7) is 4.27. The fourth-order valence-electron chi connectivity index (χ4n) is 2.29. The summed E-state index contributed by atoms with van der Waals surface area (Å²) in [7, 11) is 0. The topological polar surface area (TPSA) is 41.0 Å². The SMILES string of the molecule is Cc1ccc(Nc2ccc(N3CCCC3)nn2)cc1. The van der Waals surface area contributed by atoms with Crippen molar-refractivity contribution in [1.82, 2.24) is 10.2 Å². The molecular formula is C15H18N4. The number of nitrogens with zero attached hydrogens (tertiary/aromatic N) is 3. The first kappa shape index (κ1) is 12.0. The van der Waals surface area contributed by atoms with Gasteiger partial charge in [0, 0.05) is 18.8 Å². The van der Waals surface area contributed by atoms with Gasteiger partial charge in [-0.25, -0.2) is 0 Å². The predicted octanol–water partition coefficient (Wildman–Crippen LogP) is 3.13. The van der Waals surface area contributed by atoms with Crippen LogP contribution < -0.4 is 10.2 Å². The van der Waals surface area contributed by atoms with E-state index in [0.29, 0.717) is 0 Å². The van der Waals surface area contributed by atoms with Crippen LogP contribution in [0.2, 0.25) is 0 Å². The molecule has 2 aromatic rings. The summed E-state index contributed by atoms with van der Waals surface area (Å²) in [6.07, 6.45) is 2.51. The zero-order valence-corrected chi connectivity index (χ0v) is 11.1. The van der Waals surface area contributed by atoms with Gasteiger partial charge in [-0.3, -0.25) is 0 Å². The summed E-state index contributed by atoms with van der Waals surface area (Å²) in [5.41, 5.74) is 2.29. The van der Waals surface area contributed by atoms with Crippen molar-refractivity contribution in [2.45, 2.75) is 19.8 Å². The highest BCUT2D eigenvalue weighted by Crippen LogP contribution is 2.19. The Morgan fingerprint density at radius 3 is 2.32 bits per heavy atom. The Balaban J connectivity index is 1.70. The molecule has 1 aliphatic heterocycles. The molecule has 0 amide bonds. The van der Waals surface area contributed by atoms with Crippen molar-refractivity contribution in [2.24, 2.45) is 0 Å². The summed E-state index contributed by atoms with van der Waals surface area (Å²) < 4.78 is 0. The molecule has 0 aliphatic carbocycles. The Bertz CT molecular complexity index is 527. The van der Waals surface area contributed by atoms with Crippen LogP contribution in [-0.2, 0) is 0 Å². The van der Waals surface area contributed by atoms with Gasteiger partial charge in [0.15, 0.2) is 11.6 Å². The van der Waals surface area contributed by atoms with E-state index in [-0.39, 0.29) is 0 Å². The molecule has 1 saturated heterocycles. The third-order valence-corrected chi connectivity index (χ3v) is 3.40. The fraction of sp³-hybridized carbons (Fsp3) is 0.333. The first-order valence-corrected chi connectivity index (χ1v) is 6.74. The monoisotopic (exact) mass is 254 g/mol. The summed E-state index contributed by atoms with van der Waals surface area (Å²) in [4.78, 5) is 2.28. The largest absolute Gasteiger partial charge is 0.355 e. The van der Waals surface area contributed by atoms with E-state index in [1.807, 2.05) is 24.3 Å². The lowest BCUT2D eigenvalue weighted by molar-refractivity contribution is 0.896. The van der Waals surface area contributed by atoms with Crippen molar-refractivity contribution in [3.63, 3.8) is 0 Å². The Morgan fingerprint density at radius 1 is 0.947 bits per heavy atom. The molecule has 2 heterocycles. The third-order valence-electron chi connectivity index (χ3n) is 3.40. The molecule has 0 spiro atoms. The van der Waals surface area contributed by atoms with Gasteiger partial charge in [0.05, 0.1) is 0 Å². The number of rotatable bonds is 3. The molecule has 0 bridgehead atoms. The molecule has 98 valence electrons. The molecule has 0 saturated carbocycles. The van der Waals surface area contributed by atoms with Gasteiger partial charge in [-0.15, -0.1) is 10.2 Å². The molecule has 0 unspecified atom stereocenters. The zero-order valence-electron chi connectivity index (χ0n) is 11.1. The Hall–Kier alpha value is -2.10. The van der Waals surface area contributed by atoms with E-state index >= 15 is 0 Å². The van der Waals surface area contributed by atoms with Crippen LogP contribution in [0.5, 0.6) is 0 Å². The highest BCUT2D eigenvalue weighted by Gasteiger charge is 2.13. The number of anilines is 3. The van der Waals surface area contributed by atoms with Crippen LogP contribution in [-0.4, -0.2) is 23.3 Å². The van der Waals surface area contributed by atoms with Crippen LogP contribution in [0.25, 0.3) is 0 Å².